The normalized spacial score (nSPS) is 12.4. The van der Waals surface area contributed by atoms with Gasteiger partial charge in [0.25, 0.3) is 0 Å². The van der Waals surface area contributed by atoms with Gasteiger partial charge in [-0.15, -0.1) is 0 Å². The molecule has 0 aliphatic rings. The molecule has 0 N–H and O–H groups in total. The molecular weight excluding hydrogens is 259 g/mol. The van der Waals surface area contributed by atoms with Gasteiger partial charge in [0, 0.05) is 12.5 Å². The van der Waals surface area contributed by atoms with E-state index in [1.807, 2.05) is 13.8 Å². The lowest BCUT2D eigenvalue weighted by molar-refractivity contribution is -0.144. The van der Waals surface area contributed by atoms with Crippen molar-refractivity contribution in [2.24, 2.45) is 0 Å². The maximum atomic E-state index is 13.4. The van der Waals surface area contributed by atoms with Crippen molar-refractivity contribution in [2.45, 2.75) is 32.5 Å². The fraction of sp³-hybridized carbons (Fsp3) is 0.312. The van der Waals surface area contributed by atoms with E-state index in [9.17, 15) is 9.18 Å². The molecule has 0 aliphatic carbocycles. The van der Waals surface area contributed by atoms with Gasteiger partial charge in [0.1, 0.15) is 23.3 Å². The Hall–Kier alpha value is -2.10. The minimum atomic E-state index is -0.765. The van der Waals surface area contributed by atoms with Gasteiger partial charge in [-0.05, 0) is 44.2 Å². The number of halogens is 1. The van der Waals surface area contributed by atoms with Crippen LogP contribution in [0.5, 0.6) is 5.75 Å². The van der Waals surface area contributed by atoms with E-state index in [1.54, 1.807) is 6.08 Å². The average Bonchev–Trinajstić information content (AvgIpc) is 2.38. The fourth-order valence-electron chi connectivity index (χ4n) is 1.58. The monoisotopic (exact) mass is 278 g/mol. The van der Waals surface area contributed by atoms with Crippen LogP contribution in [0.3, 0.4) is 0 Å². The van der Waals surface area contributed by atoms with Crippen molar-refractivity contribution in [2.75, 3.05) is 0 Å². The highest BCUT2D eigenvalue weighted by molar-refractivity contribution is 5.66. The number of benzene rings is 1. The Balaban J connectivity index is 3.21. The van der Waals surface area contributed by atoms with E-state index in [-0.39, 0.29) is 0 Å². The van der Waals surface area contributed by atoms with Gasteiger partial charge in [-0.2, -0.15) is 0 Å². The molecule has 0 saturated carbocycles. The van der Waals surface area contributed by atoms with Gasteiger partial charge in [0.05, 0.1) is 0 Å². The Labute approximate surface area is 118 Å². The third-order valence-electron chi connectivity index (χ3n) is 2.65. The van der Waals surface area contributed by atoms with E-state index in [4.69, 9.17) is 9.47 Å². The minimum Gasteiger partial charge on any atom is -0.483 e. The molecule has 0 aromatic heterocycles. The molecule has 3 nitrogen and oxygen atoms in total. The second-order valence-electron chi connectivity index (χ2n) is 4.86. The molecule has 1 rings (SSSR count). The lowest BCUT2D eigenvalue weighted by atomic mass is 10.1. The summed E-state index contributed by atoms with van der Waals surface area (Å²) in [6.45, 7) is 12.2. The minimum absolute atomic E-state index is 0.408. The first-order valence-corrected chi connectivity index (χ1v) is 6.21. The molecule has 0 fully saturated rings. The average molecular weight is 278 g/mol. The summed E-state index contributed by atoms with van der Waals surface area (Å²) in [5.74, 6) is -0.502. The number of rotatable bonds is 6. The number of esters is 1. The largest absolute Gasteiger partial charge is 0.483 e. The van der Waals surface area contributed by atoms with Gasteiger partial charge in [-0.3, -0.25) is 4.79 Å². The van der Waals surface area contributed by atoms with Gasteiger partial charge in [-0.1, -0.05) is 13.2 Å². The molecule has 0 heterocycles. The standard InChI is InChI=1S/C16H19FO3/c1-6-14(19-11(3)18)13-10-12(17)8-9-15(13)20-16(4,5)7-2/h6-10,14H,1-2H2,3-5H3. The van der Waals surface area contributed by atoms with Crippen LogP contribution in [0.1, 0.15) is 32.4 Å². The van der Waals surface area contributed by atoms with Crippen molar-refractivity contribution in [3.05, 3.63) is 54.9 Å². The molecule has 0 aliphatic heterocycles. The first kappa shape index (κ1) is 16.0. The number of hydrogen-bond acceptors (Lipinski definition) is 3. The van der Waals surface area contributed by atoms with Crippen molar-refractivity contribution in [1.82, 2.24) is 0 Å². The number of hydrogen-bond donors (Lipinski definition) is 0. The Bertz CT molecular complexity index is 520. The highest BCUT2D eigenvalue weighted by Crippen LogP contribution is 2.32. The first-order valence-electron chi connectivity index (χ1n) is 6.21. The lowest BCUT2D eigenvalue weighted by Crippen LogP contribution is -2.25. The summed E-state index contributed by atoms with van der Waals surface area (Å²) >= 11 is 0. The predicted octanol–water partition coefficient (Wildman–Crippen LogP) is 3.96. The van der Waals surface area contributed by atoms with Gasteiger partial charge >= 0.3 is 5.97 Å². The lowest BCUT2D eigenvalue weighted by Gasteiger charge is -2.26. The Morgan fingerprint density at radius 2 is 2.05 bits per heavy atom. The van der Waals surface area contributed by atoms with E-state index in [0.717, 1.165) is 0 Å². The van der Waals surface area contributed by atoms with Gasteiger partial charge < -0.3 is 9.47 Å². The van der Waals surface area contributed by atoms with E-state index in [1.165, 1.54) is 31.2 Å². The van der Waals surface area contributed by atoms with Crippen LogP contribution in [-0.2, 0) is 9.53 Å². The smallest absolute Gasteiger partial charge is 0.303 e. The van der Waals surface area contributed by atoms with Crippen molar-refractivity contribution in [3.8, 4) is 5.75 Å². The predicted molar refractivity (Wildman–Crippen MR) is 76.0 cm³/mol. The molecule has 1 aromatic carbocycles. The quantitative estimate of drug-likeness (QED) is 0.583. The molecule has 108 valence electrons. The van der Waals surface area contributed by atoms with Crippen LogP contribution in [0, 0.1) is 5.82 Å². The molecule has 0 spiro atoms. The molecule has 0 amide bonds. The third kappa shape index (κ3) is 4.23. The Kier molecular flexibility index (Phi) is 5.08. The van der Waals surface area contributed by atoms with Crippen LogP contribution >= 0.6 is 0 Å². The maximum Gasteiger partial charge on any atom is 0.303 e. The van der Waals surface area contributed by atoms with Crippen LogP contribution in [0.15, 0.2) is 43.5 Å². The van der Waals surface area contributed by atoms with Crippen molar-refractivity contribution in [1.29, 1.82) is 0 Å². The molecule has 0 radical (unpaired) electrons. The zero-order chi connectivity index (χ0) is 15.3. The summed E-state index contributed by atoms with van der Waals surface area (Å²) in [5.41, 5.74) is -0.223. The van der Waals surface area contributed by atoms with Crippen LogP contribution in [0.4, 0.5) is 4.39 Å². The SMILES string of the molecule is C=CC(OC(C)=O)c1cc(F)ccc1OC(C)(C)C=C. The molecule has 0 saturated heterocycles. The molecule has 0 bridgehead atoms. The van der Waals surface area contributed by atoms with E-state index in [0.29, 0.717) is 11.3 Å². The number of ether oxygens (including phenoxy) is 2. The van der Waals surface area contributed by atoms with Crippen LogP contribution < -0.4 is 4.74 Å². The number of carbonyl (C=O) groups excluding carboxylic acids is 1. The summed E-state index contributed by atoms with van der Waals surface area (Å²) in [6, 6.07) is 4.05. The highest BCUT2D eigenvalue weighted by atomic mass is 19.1. The van der Waals surface area contributed by atoms with Crippen molar-refractivity contribution in [3.63, 3.8) is 0 Å². The van der Waals surface area contributed by atoms with Crippen molar-refractivity contribution < 1.29 is 18.7 Å². The second kappa shape index (κ2) is 6.37. The summed E-state index contributed by atoms with van der Waals surface area (Å²) in [7, 11) is 0. The molecular formula is C16H19FO3. The summed E-state index contributed by atoms with van der Waals surface area (Å²) in [6.07, 6.45) is 2.29. The molecule has 4 heteroatoms. The zero-order valence-electron chi connectivity index (χ0n) is 12.0. The van der Waals surface area contributed by atoms with Gasteiger partial charge in [0.2, 0.25) is 0 Å². The van der Waals surface area contributed by atoms with Gasteiger partial charge in [0.15, 0.2) is 0 Å². The van der Waals surface area contributed by atoms with Crippen molar-refractivity contribution >= 4 is 5.97 Å². The van der Waals surface area contributed by atoms with Crippen LogP contribution in [0.25, 0.3) is 0 Å². The van der Waals surface area contributed by atoms with Crippen LogP contribution in [-0.4, -0.2) is 11.6 Å². The molecule has 1 aromatic rings. The van der Waals surface area contributed by atoms with Crippen LogP contribution in [0.2, 0.25) is 0 Å². The number of carbonyl (C=O) groups is 1. The Morgan fingerprint density at radius 3 is 2.55 bits per heavy atom. The third-order valence-corrected chi connectivity index (χ3v) is 2.65. The molecule has 20 heavy (non-hydrogen) atoms. The first-order chi connectivity index (χ1) is 9.29. The van der Waals surface area contributed by atoms with Gasteiger partial charge in [-0.25, -0.2) is 4.39 Å². The van der Waals surface area contributed by atoms with E-state index in [2.05, 4.69) is 13.2 Å². The summed E-state index contributed by atoms with van der Waals surface area (Å²) in [5, 5.41) is 0. The van der Waals surface area contributed by atoms with E-state index >= 15 is 0 Å². The molecule has 1 unspecified atom stereocenters. The van der Waals surface area contributed by atoms with E-state index < -0.39 is 23.5 Å². The topological polar surface area (TPSA) is 35.5 Å². The zero-order valence-corrected chi connectivity index (χ0v) is 12.0. The summed E-state index contributed by atoms with van der Waals surface area (Å²) in [4.78, 5) is 11.1. The second-order valence-corrected chi connectivity index (χ2v) is 4.86. The highest BCUT2D eigenvalue weighted by Gasteiger charge is 2.22. The maximum absolute atomic E-state index is 13.4. The fourth-order valence-corrected chi connectivity index (χ4v) is 1.58. The summed E-state index contributed by atoms with van der Waals surface area (Å²) < 4.78 is 24.3. The Morgan fingerprint density at radius 1 is 1.40 bits per heavy atom. The molecule has 1 atom stereocenters.